The number of rotatable bonds is 4. The maximum atomic E-state index is 13.1. The van der Waals surface area contributed by atoms with Crippen LogP contribution in [-0.4, -0.2) is 36.6 Å². The van der Waals surface area contributed by atoms with Gasteiger partial charge >= 0.3 is 0 Å². The van der Waals surface area contributed by atoms with E-state index in [2.05, 4.69) is 17.2 Å². The van der Waals surface area contributed by atoms with Gasteiger partial charge in [-0.25, -0.2) is 0 Å². The van der Waals surface area contributed by atoms with Crippen LogP contribution in [-0.2, 0) is 17.6 Å². The summed E-state index contributed by atoms with van der Waals surface area (Å²) in [5.41, 5.74) is 2.37. The summed E-state index contributed by atoms with van der Waals surface area (Å²) in [6.45, 7) is 4.91. The zero-order chi connectivity index (χ0) is 15.1. The Morgan fingerprint density at radius 1 is 1.36 bits per heavy atom. The zero-order valence-corrected chi connectivity index (χ0v) is 14.2. The van der Waals surface area contributed by atoms with E-state index in [1.807, 2.05) is 0 Å². The number of amides is 1. The molecule has 1 saturated heterocycles. The summed E-state index contributed by atoms with van der Waals surface area (Å²) in [5, 5.41) is 2.13. The van der Waals surface area contributed by atoms with E-state index in [1.165, 1.54) is 29.7 Å². The molecule has 4 heteroatoms. The van der Waals surface area contributed by atoms with E-state index >= 15 is 0 Å². The fraction of sp³-hybridized carbons (Fsp3) is 0.722. The number of fused-ring (bicyclic) bond motifs is 1. The van der Waals surface area contributed by atoms with E-state index in [0.29, 0.717) is 17.9 Å². The third-order valence-electron chi connectivity index (χ3n) is 5.36. The Bertz CT molecular complexity index is 557. The first-order valence-electron chi connectivity index (χ1n) is 8.70. The number of hydrogen-bond acceptors (Lipinski definition) is 3. The van der Waals surface area contributed by atoms with E-state index in [0.717, 1.165) is 50.5 Å². The molecular formula is C18H25NO2S. The molecule has 4 rings (SSSR count). The molecule has 1 aromatic heterocycles. The number of nitrogens with zero attached hydrogens (tertiary/aromatic N) is 1. The molecular weight excluding hydrogens is 294 g/mol. The fourth-order valence-electron chi connectivity index (χ4n) is 3.80. The van der Waals surface area contributed by atoms with Crippen molar-refractivity contribution >= 4 is 17.2 Å². The first kappa shape index (κ1) is 14.7. The van der Waals surface area contributed by atoms with Crippen molar-refractivity contribution in [2.24, 2.45) is 11.8 Å². The van der Waals surface area contributed by atoms with Crippen molar-refractivity contribution in [1.82, 2.24) is 4.90 Å². The van der Waals surface area contributed by atoms with Gasteiger partial charge in [-0.05, 0) is 50.0 Å². The topological polar surface area (TPSA) is 29.5 Å². The quantitative estimate of drug-likeness (QED) is 0.850. The van der Waals surface area contributed by atoms with Crippen molar-refractivity contribution in [2.45, 2.75) is 51.5 Å². The van der Waals surface area contributed by atoms with Crippen LogP contribution in [0.2, 0.25) is 0 Å². The van der Waals surface area contributed by atoms with E-state index in [-0.39, 0.29) is 0 Å². The van der Waals surface area contributed by atoms with Crippen LogP contribution in [0.4, 0.5) is 0 Å². The molecule has 22 heavy (non-hydrogen) atoms. The summed E-state index contributed by atoms with van der Waals surface area (Å²) in [6.07, 6.45) is 6.95. The van der Waals surface area contributed by atoms with Crippen LogP contribution in [0.3, 0.4) is 0 Å². The predicted octanol–water partition coefficient (Wildman–Crippen LogP) is 3.51. The average molecular weight is 319 g/mol. The van der Waals surface area contributed by atoms with E-state index in [1.54, 1.807) is 11.3 Å². The molecule has 1 saturated carbocycles. The Kier molecular flexibility index (Phi) is 3.99. The number of carbonyl (C=O) groups is 1. The Morgan fingerprint density at radius 2 is 2.23 bits per heavy atom. The highest BCUT2D eigenvalue weighted by Crippen LogP contribution is 2.36. The average Bonchev–Trinajstić information content (AvgIpc) is 3.06. The van der Waals surface area contributed by atoms with Crippen LogP contribution >= 0.6 is 11.3 Å². The molecule has 1 amide bonds. The fourth-order valence-corrected chi connectivity index (χ4v) is 5.04. The lowest BCUT2D eigenvalue weighted by Crippen LogP contribution is -2.37. The largest absolute Gasteiger partial charge is 0.381 e. The normalized spacial score (nSPS) is 27.7. The van der Waals surface area contributed by atoms with Crippen molar-refractivity contribution in [3.05, 3.63) is 21.4 Å². The predicted molar refractivity (Wildman–Crippen MR) is 88.5 cm³/mol. The Balaban J connectivity index is 1.54. The van der Waals surface area contributed by atoms with Gasteiger partial charge in [0.2, 0.25) is 0 Å². The monoisotopic (exact) mass is 319 g/mol. The summed E-state index contributed by atoms with van der Waals surface area (Å²) in [6, 6.07) is 0.492. The molecule has 0 spiro atoms. The SMILES string of the molecule is C[C@@H]1CCc2c(C(=O)N(C[C@@H]3CCOC3)C3CC3)csc2C1. The molecule has 0 unspecified atom stereocenters. The second-order valence-electron chi connectivity index (χ2n) is 7.32. The van der Waals surface area contributed by atoms with Gasteiger partial charge in [-0.1, -0.05) is 6.92 Å². The van der Waals surface area contributed by atoms with E-state index in [4.69, 9.17) is 4.74 Å². The molecule has 1 aliphatic heterocycles. The molecule has 2 fully saturated rings. The van der Waals surface area contributed by atoms with Crippen LogP contribution in [0.1, 0.15) is 53.4 Å². The molecule has 0 aromatic carbocycles. The van der Waals surface area contributed by atoms with Gasteiger partial charge in [-0.15, -0.1) is 11.3 Å². The van der Waals surface area contributed by atoms with Crippen molar-refractivity contribution in [1.29, 1.82) is 0 Å². The summed E-state index contributed by atoms with van der Waals surface area (Å²) >= 11 is 1.80. The molecule has 2 aliphatic carbocycles. The van der Waals surface area contributed by atoms with Crippen LogP contribution in [0.25, 0.3) is 0 Å². The van der Waals surface area contributed by atoms with Crippen molar-refractivity contribution in [3.8, 4) is 0 Å². The highest BCUT2D eigenvalue weighted by Gasteiger charge is 2.36. The zero-order valence-electron chi connectivity index (χ0n) is 13.3. The van der Waals surface area contributed by atoms with Gasteiger partial charge in [-0.3, -0.25) is 4.79 Å². The minimum Gasteiger partial charge on any atom is -0.381 e. The number of ether oxygens (including phenoxy) is 1. The summed E-state index contributed by atoms with van der Waals surface area (Å²) < 4.78 is 5.50. The maximum absolute atomic E-state index is 13.1. The lowest BCUT2D eigenvalue weighted by Gasteiger charge is -2.26. The minimum absolute atomic E-state index is 0.293. The van der Waals surface area contributed by atoms with Crippen LogP contribution < -0.4 is 0 Å². The van der Waals surface area contributed by atoms with Crippen molar-refractivity contribution in [3.63, 3.8) is 0 Å². The Labute approximate surface area is 136 Å². The first-order chi connectivity index (χ1) is 10.7. The molecule has 1 aromatic rings. The number of carbonyl (C=O) groups excluding carboxylic acids is 1. The molecule has 120 valence electrons. The summed E-state index contributed by atoms with van der Waals surface area (Å²) in [4.78, 5) is 16.7. The molecule has 2 heterocycles. The van der Waals surface area contributed by atoms with E-state index in [9.17, 15) is 4.79 Å². The van der Waals surface area contributed by atoms with Gasteiger partial charge in [0.05, 0.1) is 12.2 Å². The molecule has 2 atom stereocenters. The van der Waals surface area contributed by atoms with Gasteiger partial charge in [0.25, 0.3) is 5.91 Å². The third-order valence-corrected chi connectivity index (χ3v) is 6.41. The van der Waals surface area contributed by atoms with Crippen LogP contribution in [0.5, 0.6) is 0 Å². The van der Waals surface area contributed by atoms with Gasteiger partial charge < -0.3 is 9.64 Å². The van der Waals surface area contributed by atoms with Gasteiger partial charge in [0.1, 0.15) is 0 Å². The highest BCUT2D eigenvalue weighted by molar-refractivity contribution is 7.10. The van der Waals surface area contributed by atoms with Crippen molar-refractivity contribution in [2.75, 3.05) is 19.8 Å². The Morgan fingerprint density at radius 3 is 2.95 bits per heavy atom. The lowest BCUT2D eigenvalue weighted by molar-refractivity contribution is 0.0705. The second kappa shape index (κ2) is 5.97. The number of hydrogen-bond donors (Lipinski definition) is 0. The third kappa shape index (κ3) is 2.83. The van der Waals surface area contributed by atoms with Gasteiger partial charge in [0.15, 0.2) is 0 Å². The first-order valence-corrected chi connectivity index (χ1v) is 9.58. The molecule has 3 aliphatic rings. The lowest BCUT2D eigenvalue weighted by atomic mass is 9.88. The standard InChI is InChI=1S/C18H25NO2S/c1-12-2-5-15-16(11-22-17(15)8-12)18(20)19(14-3-4-14)9-13-6-7-21-10-13/h11-14H,2-10H2,1H3/t12-,13+/m1/s1. The van der Waals surface area contributed by atoms with Gasteiger partial charge in [-0.2, -0.15) is 0 Å². The number of thiophene rings is 1. The highest BCUT2D eigenvalue weighted by atomic mass is 32.1. The molecule has 0 bridgehead atoms. The van der Waals surface area contributed by atoms with E-state index < -0.39 is 0 Å². The molecule has 0 N–H and O–H groups in total. The molecule has 3 nitrogen and oxygen atoms in total. The summed E-state index contributed by atoms with van der Waals surface area (Å²) in [5.74, 6) is 1.60. The maximum Gasteiger partial charge on any atom is 0.255 e. The minimum atomic E-state index is 0.293. The summed E-state index contributed by atoms with van der Waals surface area (Å²) in [7, 11) is 0. The van der Waals surface area contributed by atoms with Crippen LogP contribution in [0, 0.1) is 11.8 Å². The van der Waals surface area contributed by atoms with Gasteiger partial charge in [0, 0.05) is 35.4 Å². The smallest absolute Gasteiger partial charge is 0.255 e. The molecule has 0 radical (unpaired) electrons. The van der Waals surface area contributed by atoms with Crippen LogP contribution in [0.15, 0.2) is 5.38 Å². The second-order valence-corrected chi connectivity index (χ2v) is 8.28. The Hall–Kier alpha value is -0.870. The van der Waals surface area contributed by atoms with Crippen molar-refractivity contribution < 1.29 is 9.53 Å².